The lowest BCUT2D eigenvalue weighted by atomic mass is 10.0. The number of phenolic OH excluding ortho intramolecular Hbond substituents is 1. The Labute approximate surface area is 158 Å². The molecule has 0 aliphatic carbocycles. The Kier molecular flexibility index (Phi) is 4.72. The molecule has 1 amide bonds. The van der Waals surface area contributed by atoms with Gasteiger partial charge in [0.2, 0.25) is 5.91 Å². The van der Waals surface area contributed by atoms with Crippen LogP contribution in [0.3, 0.4) is 0 Å². The normalized spacial score (nSPS) is 22.8. The molecule has 2 aromatic rings. The van der Waals surface area contributed by atoms with E-state index in [2.05, 4.69) is 4.98 Å². The number of hydrogen-bond acceptors (Lipinski definition) is 6. The van der Waals surface area contributed by atoms with Gasteiger partial charge in [0.1, 0.15) is 6.61 Å². The van der Waals surface area contributed by atoms with Crippen LogP contribution in [-0.4, -0.2) is 64.6 Å². The summed E-state index contributed by atoms with van der Waals surface area (Å²) in [5, 5.41) is 10.5. The van der Waals surface area contributed by atoms with E-state index in [4.69, 9.17) is 10.5 Å². The summed E-state index contributed by atoms with van der Waals surface area (Å²) in [7, 11) is 1.93. The van der Waals surface area contributed by atoms with Crippen molar-refractivity contribution in [1.29, 1.82) is 0 Å². The van der Waals surface area contributed by atoms with Gasteiger partial charge in [0.05, 0.1) is 12.6 Å². The Morgan fingerprint density at radius 3 is 2.93 bits per heavy atom. The number of carbonyl (C=O) groups excluding carboxylic acids is 1. The summed E-state index contributed by atoms with van der Waals surface area (Å²) in [6.45, 7) is 1.95. The minimum atomic E-state index is -0.198. The molecule has 0 bridgehead atoms. The molecule has 0 saturated carbocycles. The monoisotopic (exact) mass is 368 g/mol. The number of nitrogens with zero attached hydrogens (tertiary/aromatic N) is 3. The fourth-order valence-electron chi connectivity index (χ4n) is 3.93. The highest BCUT2D eigenvalue weighted by Crippen LogP contribution is 2.37. The first-order valence-electron chi connectivity index (χ1n) is 9.16. The number of pyridine rings is 1. The summed E-state index contributed by atoms with van der Waals surface area (Å²) < 4.78 is 5.76. The average Bonchev–Trinajstić information content (AvgIpc) is 2.87. The molecule has 1 aromatic carbocycles. The van der Waals surface area contributed by atoms with Gasteiger partial charge in [0.25, 0.3) is 0 Å². The first kappa shape index (κ1) is 17.8. The number of phenols is 1. The summed E-state index contributed by atoms with van der Waals surface area (Å²) >= 11 is 0. The minimum Gasteiger partial charge on any atom is -0.504 e. The van der Waals surface area contributed by atoms with Crippen molar-refractivity contribution in [2.75, 3.05) is 26.7 Å². The molecule has 1 aromatic heterocycles. The molecule has 2 aliphatic rings. The van der Waals surface area contributed by atoms with Crippen molar-refractivity contribution in [2.24, 2.45) is 5.73 Å². The first-order valence-corrected chi connectivity index (χ1v) is 9.16. The van der Waals surface area contributed by atoms with E-state index in [1.165, 1.54) is 0 Å². The number of ether oxygens (including phenoxy) is 1. The third kappa shape index (κ3) is 3.48. The van der Waals surface area contributed by atoms with Gasteiger partial charge in [-0.15, -0.1) is 0 Å². The predicted octanol–water partition coefficient (Wildman–Crippen LogP) is 1.21. The van der Waals surface area contributed by atoms with Crippen LogP contribution in [0.5, 0.6) is 11.5 Å². The molecule has 1 saturated heterocycles. The lowest BCUT2D eigenvalue weighted by molar-refractivity contribution is -0.136. The second kappa shape index (κ2) is 7.17. The highest BCUT2D eigenvalue weighted by molar-refractivity contribution is 5.82. The first-order chi connectivity index (χ1) is 13.0. The molecule has 1 fully saturated rings. The maximum absolute atomic E-state index is 13.1. The number of aromatic nitrogens is 1. The quantitative estimate of drug-likeness (QED) is 0.828. The molecule has 3 N–H and O–H groups in total. The van der Waals surface area contributed by atoms with Crippen LogP contribution in [0.4, 0.5) is 0 Å². The topological polar surface area (TPSA) is 91.9 Å². The van der Waals surface area contributed by atoms with Gasteiger partial charge < -0.3 is 20.5 Å². The van der Waals surface area contributed by atoms with Crippen LogP contribution in [0.1, 0.15) is 12.0 Å². The molecule has 7 heteroatoms. The van der Waals surface area contributed by atoms with Crippen molar-refractivity contribution >= 4 is 5.91 Å². The highest BCUT2D eigenvalue weighted by Gasteiger charge is 2.36. The number of aromatic hydroxyl groups is 1. The number of likely N-dealkylation sites (tertiary alicyclic amines) is 1. The fourth-order valence-corrected chi connectivity index (χ4v) is 3.93. The number of amides is 1. The second-order valence-electron chi connectivity index (χ2n) is 7.28. The minimum absolute atomic E-state index is 0.0284. The van der Waals surface area contributed by atoms with Crippen molar-refractivity contribution in [3.63, 3.8) is 0 Å². The zero-order chi connectivity index (χ0) is 19.0. The van der Waals surface area contributed by atoms with Crippen LogP contribution in [0, 0.1) is 0 Å². The molecule has 7 nitrogen and oxygen atoms in total. The molecule has 0 spiro atoms. The molecule has 2 atom stereocenters. The number of fused-ring (bicyclic) bond motifs is 1. The van der Waals surface area contributed by atoms with Crippen LogP contribution in [0.2, 0.25) is 0 Å². The van der Waals surface area contributed by atoms with Crippen LogP contribution in [0.25, 0.3) is 11.1 Å². The molecule has 2 aliphatic heterocycles. The van der Waals surface area contributed by atoms with E-state index in [0.717, 1.165) is 23.2 Å². The Bertz CT molecular complexity index is 843. The van der Waals surface area contributed by atoms with E-state index in [1.54, 1.807) is 23.4 Å². The number of nitrogens with two attached hydrogens (primary N) is 1. The van der Waals surface area contributed by atoms with Crippen molar-refractivity contribution < 1.29 is 14.6 Å². The van der Waals surface area contributed by atoms with E-state index >= 15 is 0 Å². The van der Waals surface area contributed by atoms with Gasteiger partial charge >= 0.3 is 0 Å². The standard InChI is InChI=1S/C20H24N4O3/c1-23-12-16(21)9-17(23)20(26)24-5-6-27-19-15(11-24)7-14(8-18(19)25)13-3-2-4-22-10-13/h2-4,7-8,10,16-17,25H,5-6,9,11-12,21H2,1H3/t16-,17-/m0/s1. The third-order valence-corrected chi connectivity index (χ3v) is 5.29. The van der Waals surface area contributed by atoms with Crippen LogP contribution < -0.4 is 10.5 Å². The maximum Gasteiger partial charge on any atom is 0.240 e. The molecule has 27 heavy (non-hydrogen) atoms. The van der Waals surface area contributed by atoms with Gasteiger partial charge in [0.15, 0.2) is 11.5 Å². The predicted molar refractivity (Wildman–Crippen MR) is 101 cm³/mol. The van der Waals surface area contributed by atoms with Crippen LogP contribution in [-0.2, 0) is 11.3 Å². The van der Waals surface area contributed by atoms with Gasteiger partial charge in [-0.05, 0) is 37.2 Å². The Hall–Kier alpha value is -2.64. The third-order valence-electron chi connectivity index (χ3n) is 5.29. The number of carbonyl (C=O) groups is 1. The summed E-state index contributed by atoms with van der Waals surface area (Å²) in [6.07, 6.45) is 4.12. The summed E-state index contributed by atoms with van der Waals surface area (Å²) in [4.78, 5) is 21.0. The zero-order valence-corrected chi connectivity index (χ0v) is 15.3. The van der Waals surface area contributed by atoms with Crippen molar-refractivity contribution in [2.45, 2.75) is 25.0 Å². The molecule has 3 heterocycles. The Morgan fingerprint density at radius 1 is 1.37 bits per heavy atom. The number of benzene rings is 1. The average molecular weight is 368 g/mol. The second-order valence-corrected chi connectivity index (χ2v) is 7.28. The van der Waals surface area contributed by atoms with E-state index in [-0.39, 0.29) is 23.7 Å². The fraction of sp³-hybridized carbons (Fsp3) is 0.400. The van der Waals surface area contributed by atoms with Crippen molar-refractivity contribution in [3.05, 3.63) is 42.2 Å². The van der Waals surface area contributed by atoms with E-state index in [0.29, 0.717) is 31.9 Å². The maximum atomic E-state index is 13.1. The number of likely N-dealkylation sites (N-methyl/N-ethyl adjacent to an activating group) is 1. The van der Waals surface area contributed by atoms with E-state index in [1.807, 2.05) is 30.1 Å². The van der Waals surface area contributed by atoms with Gasteiger partial charge in [-0.1, -0.05) is 6.07 Å². The molecule has 0 unspecified atom stereocenters. The van der Waals surface area contributed by atoms with Crippen molar-refractivity contribution in [1.82, 2.24) is 14.8 Å². The number of hydrogen-bond donors (Lipinski definition) is 2. The smallest absolute Gasteiger partial charge is 0.240 e. The molecule has 0 radical (unpaired) electrons. The van der Waals surface area contributed by atoms with Gasteiger partial charge in [-0.2, -0.15) is 0 Å². The van der Waals surface area contributed by atoms with Crippen LogP contribution >= 0.6 is 0 Å². The highest BCUT2D eigenvalue weighted by atomic mass is 16.5. The molecule has 142 valence electrons. The molecule has 4 rings (SSSR count). The zero-order valence-electron chi connectivity index (χ0n) is 15.3. The molecular weight excluding hydrogens is 344 g/mol. The van der Waals surface area contributed by atoms with Gasteiger partial charge in [-0.3, -0.25) is 14.7 Å². The molecular formula is C20H24N4O3. The summed E-state index contributed by atoms with van der Waals surface area (Å²) in [6, 6.07) is 7.25. The van der Waals surface area contributed by atoms with Gasteiger partial charge in [-0.25, -0.2) is 0 Å². The SMILES string of the molecule is CN1C[C@@H](N)C[C@H]1C(=O)N1CCOc2c(O)cc(-c3cccnc3)cc2C1. The Balaban J connectivity index is 1.63. The van der Waals surface area contributed by atoms with Crippen LogP contribution in [0.15, 0.2) is 36.7 Å². The number of rotatable bonds is 2. The Morgan fingerprint density at radius 2 is 2.22 bits per heavy atom. The summed E-state index contributed by atoms with van der Waals surface area (Å²) in [5.41, 5.74) is 8.56. The lowest BCUT2D eigenvalue weighted by Gasteiger charge is -2.27. The largest absolute Gasteiger partial charge is 0.504 e. The lowest BCUT2D eigenvalue weighted by Crippen LogP contribution is -2.44. The summed E-state index contributed by atoms with van der Waals surface area (Å²) in [5.74, 6) is 0.600. The van der Waals surface area contributed by atoms with E-state index < -0.39 is 0 Å². The van der Waals surface area contributed by atoms with Crippen molar-refractivity contribution in [3.8, 4) is 22.6 Å². The van der Waals surface area contributed by atoms with E-state index in [9.17, 15) is 9.90 Å². The van der Waals surface area contributed by atoms with Gasteiger partial charge in [0, 0.05) is 42.7 Å².